The second kappa shape index (κ2) is 6.31. The Morgan fingerprint density at radius 3 is 2.57 bits per heavy atom. The van der Waals surface area contributed by atoms with Crippen molar-refractivity contribution in [2.24, 2.45) is 0 Å². The van der Waals surface area contributed by atoms with Gasteiger partial charge < -0.3 is 5.32 Å². The van der Waals surface area contributed by atoms with Crippen LogP contribution in [0.1, 0.15) is 12.5 Å². The van der Waals surface area contributed by atoms with Crippen molar-refractivity contribution in [1.29, 1.82) is 0 Å². The van der Waals surface area contributed by atoms with Crippen molar-refractivity contribution in [2.75, 3.05) is 10.7 Å². The Hall–Kier alpha value is -3.15. The monoisotopic (exact) mass is 308 g/mol. The van der Waals surface area contributed by atoms with E-state index in [2.05, 4.69) is 15.7 Å². The molecule has 0 aliphatic rings. The largest absolute Gasteiger partial charge is 0.326 e. The zero-order chi connectivity index (χ0) is 16.2. The van der Waals surface area contributed by atoms with E-state index in [1.54, 1.807) is 23.1 Å². The van der Waals surface area contributed by atoms with E-state index in [4.69, 9.17) is 0 Å². The minimum absolute atomic E-state index is 0.123. The van der Waals surface area contributed by atoms with Gasteiger partial charge in [0.05, 0.1) is 17.5 Å². The summed E-state index contributed by atoms with van der Waals surface area (Å²) in [5.74, 6) is -0.261. The van der Waals surface area contributed by atoms with E-state index >= 15 is 0 Å². The van der Waals surface area contributed by atoms with Gasteiger partial charge in [-0.25, -0.2) is 9.66 Å². The first kappa shape index (κ1) is 14.8. The molecule has 0 aliphatic carbocycles. The molecule has 2 aromatic carbocycles. The SMILES string of the molecule is CC(=O)Nc1ccc(CC(=O)Nn2cnc3ccccc32)cc1. The normalized spacial score (nSPS) is 10.5. The highest BCUT2D eigenvalue weighted by molar-refractivity contribution is 5.89. The van der Waals surface area contributed by atoms with Crippen LogP contribution in [0.4, 0.5) is 5.69 Å². The molecule has 116 valence electrons. The third-order valence-electron chi connectivity index (χ3n) is 3.34. The lowest BCUT2D eigenvalue weighted by molar-refractivity contribution is -0.116. The fourth-order valence-corrected chi connectivity index (χ4v) is 2.32. The molecule has 0 atom stereocenters. The first-order valence-electron chi connectivity index (χ1n) is 7.20. The molecule has 6 heteroatoms. The maximum atomic E-state index is 12.2. The van der Waals surface area contributed by atoms with Crippen LogP contribution in [-0.4, -0.2) is 21.5 Å². The van der Waals surface area contributed by atoms with Crippen molar-refractivity contribution in [3.8, 4) is 0 Å². The Morgan fingerprint density at radius 1 is 1.09 bits per heavy atom. The standard InChI is InChI=1S/C17H16N4O2/c1-12(22)19-14-8-6-13(7-9-14)10-17(23)20-21-11-18-15-4-2-3-5-16(15)21/h2-9,11H,10H2,1H3,(H,19,22)(H,20,23). The van der Waals surface area contributed by atoms with E-state index in [9.17, 15) is 9.59 Å². The van der Waals surface area contributed by atoms with Gasteiger partial charge in [0.25, 0.3) is 0 Å². The van der Waals surface area contributed by atoms with E-state index in [-0.39, 0.29) is 18.2 Å². The van der Waals surface area contributed by atoms with E-state index in [0.717, 1.165) is 16.6 Å². The molecular formula is C17H16N4O2. The van der Waals surface area contributed by atoms with Gasteiger partial charge in [-0.05, 0) is 29.8 Å². The summed E-state index contributed by atoms with van der Waals surface area (Å²) in [6, 6.07) is 14.8. The second-order valence-electron chi connectivity index (χ2n) is 5.19. The molecule has 1 heterocycles. The zero-order valence-corrected chi connectivity index (χ0v) is 12.6. The highest BCUT2D eigenvalue weighted by Crippen LogP contribution is 2.12. The molecule has 2 amide bonds. The summed E-state index contributed by atoms with van der Waals surface area (Å²) in [4.78, 5) is 27.4. The molecule has 0 saturated carbocycles. The molecule has 0 aliphatic heterocycles. The van der Waals surface area contributed by atoms with Crippen molar-refractivity contribution < 1.29 is 9.59 Å². The van der Waals surface area contributed by atoms with E-state index in [1.165, 1.54) is 6.92 Å². The average molecular weight is 308 g/mol. The number of fused-ring (bicyclic) bond motifs is 1. The van der Waals surface area contributed by atoms with Crippen molar-refractivity contribution in [3.63, 3.8) is 0 Å². The highest BCUT2D eigenvalue weighted by Gasteiger charge is 2.07. The Morgan fingerprint density at radius 2 is 1.83 bits per heavy atom. The number of carbonyl (C=O) groups is 2. The van der Waals surface area contributed by atoms with Gasteiger partial charge in [0.2, 0.25) is 11.8 Å². The Kier molecular flexibility index (Phi) is 4.05. The van der Waals surface area contributed by atoms with Crippen LogP contribution in [0.3, 0.4) is 0 Å². The van der Waals surface area contributed by atoms with Crippen LogP contribution in [0.2, 0.25) is 0 Å². The molecule has 0 fully saturated rings. The number of aromatic nitrogens is 2. The lowest BCUT2D eigenvalue weighted by Gasteiger charge is -2.08. The number of hydrogen-bond acceptors (Lipinski definition) is 3. The van der Waals surface area contributed by atoms with Gasteiger partial charge in [0, 0.05) is 12.6 Å². The van der Waals surface area contributed by atoms with Crippen LogP contribution in [0.15, 0.2) is 54.9 Å². The Bertz CT molecular complexity index is 852. The van der Waals surface area contributed by atoms with Crippen molar-refractivity contribution in [1.82, 2.24) is 9.66 Å². The first-order valence-corrected chi connectivity index (χ1v) is 7.20. The number of imidazole rings is 1. The topological polar surface area (TPSA) is 76.0 Å². The summed E-state index contributed by atoms with van der Waals surface area (Å²) in [5, 5.41) is 2.69. The minimum atomic E-state index is -0.138. The molecule has 0 unspecified atom stereocenters. The van der Waals surface area contributed by atoms with E-state index in [1.807, 2.05) is 36.4 Å². The van der Waals surface area contributed by atoms with Crippen LogP contribution in [-0.2, 0) is 16.0 Å². The summed E-state index contributed by atoms with van der Waals surface area (Å²) in [5.41, 5.74) is 6.05. The van der Waals surface area contributed by atoms with E-state index in [0.29, 0.717) is 5.69 Å². The maximum absolute atomic E-state index is 12.2. The van der Waals surface area contributed by atoms with Crippen molar-refractivity contribution in [2.45, 2.75) is 13.3 Å². The van der Waals surface area contributed by atoms with E-state index < -0.39 is 0 Å². The Labute approximate surface area is 133 Å². The summed E-state index contributed by atoms with van der Waals surface area (Å²) < 4.78 is 1.61. The quantitative estimate of drug-likeness (QED) is 0.776. The number of rotatable bonds is 4. The average Bonchev–Trinajstić information content (AvgIpc) is 2.92. The second-order valence-corrected chi connectivity index (χ2v) is 5.19. The van der Waals surface area contributed by atoms with Gasteiger partial charge in [0.15, 0.2) is 0 Å². The lowest BCUT2D eigenvalue weighted by Crippen LogP contribution is -2.23. The van der Waals surface area contributed by atoms with Crippen molar-refractivity contribution >= 4 is 28.5 Å². The van der Waals surface area contributed by atoms with Gasteiger partial charge >= 0.3 is 0 Å². The van der Waals surface area contributed by atoms with Crippen LogP contribution >= 0.6 is 0 Å². The van der Waals surface area contributed by atoms with Gasteiger partial charge in [-0.3, -0.25) is 15.0 Å². The van der Waals surface area contributed by atoms with Gasteiger partial charge in [0.1, 0.15) is 6.33 Å². The van der Waals surface area contributed by atoms with Gasteiger partial charge in [-0.2, -0.15) is 0 Å². The van der Waals surface area contributed by atoms with Gasteiger partial charge in [-0.1, -0.05) is 24.3 Å². The van der Waals surface area contributed by atoms with Crippen LogP contribution in [0, 0.1) is 0 Å². The summed E-state index contributed by atoms with van der Waals surface area (Å²) >= 11 is 0. The number of para-hydroxylation sites is 2. The zero-order valence-electron chi connectivity index (χ0n) is 12.6. The van der Waals surface area contributed by atoms with Gasteiger partial charge in [-0.15, -0.1) is 0 Å². The van der Waals surface area contributed by atoms with Crippen LogP contribution in [0.5, 0.6) is 0 Å². The predicted molar refractivity (Wildman–Crippen MR) is 88.6 cm³/mol. The molecule has 0 saturated heterocycles. The Balaban J connectivity index is 1.66. The highest BCUT2D eigenvalue weighted by atomic mass is 16.2. The summed E-state index contributed by atoms with van der Waals surface area (Å²) in [6.45, 7) is 1.46. The number of nitrogens with zero attached hydrogens (tertiary/aromatic N) is 2. The first-order chi connectivity index (χ1) is 11.1. The fourth-order valence-electron chi connectivity index (χ4n) is 2.32. The minimum Gasteiger partial charge on any atom is -0.326 e. The molecule has 3 rings (SSSR count). The maximum Gasteiger partial charge on any atom is 0.243 e. The molecule has 0 bridgehead atoms. The van der Waals surface area contributed by atoms with Crippen LogP contribution < -0.4 is 10.7 Å². The number of carbonyl (C=O) groups excluding carboxylic acids is 2. The third-order valence-corrected chi connectivity index (χ3v) is 3.34. The molecule has 0 spiro atoms. The predicted octanol–water partition coefficient (Wildman–Crippen LogP) is 2.31. The molecular weight excluding hydrogens is 292 g/mol. The number of amides is 2. The molecule has 6 nitrogen and oxygen atoms in total. The molecule has 2 N–H and O–H groups in total. The van der Waals surface area contributed by atoms with Crippen LogP contribution in [0.25, 0.3) is 11.0 Å². The fraction of sp³-hybridized carbons (Fsp3) is 0.118. The summed E-state index contributed by atoms with van der Waals surface area (Å²) in [7, 11) is 0. The molecule has 3 aromatic rings. The number of benzene rings is 2. The molecule has 0 radical (unpaired) electrons. The molecule has 1 aromatic heterocycles. The lowest BCUT2D eigenvalue weighted by atomic mass is 10.1. The number of anilines is 1. The number of hydrogen-bond donors (Lipinski definition) is 2. The van der Waals surface area contributed by atoms with Crippen molar-refractivity contribution in [3.05, 3.63) is 60.4 Å². The molecule has 23 heavy (non-hydrogen) atoms. The summed E-state index contributed by atoms with van der Waals surface area (Å²) in [6.07, 6.45) is 1.83. The third kappa shape index (κ3) is 3.55. The number of nitrogens with one attached hydrogen (secondary N) is 2. The smallest absolute Gasteiger partial charge is 0.243 e.